The van der Waals surface area contributed by atoms with Crippen molar-refractivity contribution >= 4 is 28.9 Å². The Morgan fingerprint density at radius 3 is 3.00 bits per heavy atom. The summed E-state index contributed by atoms with van der Waals surface area (Å²) < 4.78 is 18.6. The number of fused-ring (bicyclic) bond motifs is 2. The molecule has 1 aromatic carbocycles. The molecule has 2 unspecified atom stereocenters. The van der Waals surface area contributed by atoms with E-state index in [1.54, 1.807) is 0 Å². The second-order valence-corrected chi connectivity index (χ2v) is 4.60. The van der Waals surface area contributed by atoms with Gasteiger partial charge in [0.1, 0.15) is 5.82 Å². The average molecular weight is 257 g/mol. The van der Waals surface area contributed by atoms with Crippen molar-refractivity contribution in [2.24, 2.45) is 5.92 Å². The number of rotatable bonds is 0. The van der Waals surface area contributed by atoms with Crippen molar-refractivity contribution in [2.45, 2.75) is 6.04 Å². The maximum Gasteiger partial charge on any atom is 0.232 e. The lowest BCUT2D eigenvalue weighted by Gasteiger charge is -2.14. The molecule has 0 aliphatic carbocycles. The van der Waals surface area contributed by atoms with Crippen LogP contribution in [0.3, 0.4) is 0 Å². The molecule has 6 heteroatoms. The van der Waals surface area contributed by atoms with Crippen LogP contribution in [-0.4, -0.2) is 25.2 Å². The van der Waals surface area contributed by atoms with Crippen molar-refractivity contribution in [3.63, 3.8) is 0 Å². The van der Waals surface area contributed by atoms with Crippen molar-refractivity contribution in [3.05, 3.63) is 23.0 Å². The van der Waals surface area contributed by atoms with Gasteiger partial charge in [-0.2, -0.15) is 0 Å². The first-order chi connectivity index (χ1) is 8.15. The van der Waals surface area contributed by atoms with Crippen LogP contribution in [0, 0.1) is 11.7 Å². The summed E-state index contributed by atoms with van der Waals surface area (Å²) in [5, 5.41) is 5.87. The predicted molar refractivity (Wildman–Crippen MR) is 61.8 cm³/mol. The highest BCUT2D eigenvalue weighted by atomic mass is 35.5. The number of carbonyl (C=O) groups excluding carboxylic acids is 1. The number of halogens is 2. The van der Waals surface area contributed by atoms with Crippen molar-refractivity contribution in [2.75, 3.05) is 23.8 Å². The first kappa shape index (κ1) is 10.8. The van der Waals surface area contributed by atoms with Gasteiger partial charge in [-0.25, -0.2) is 4.39 Å². The zero-order valence-electron chi connectivity index (χ0n) is 8.80. The van der Waals surface area contributed by atoms with Gasteiger partial charge in [-0.1, -0.05) is 11.6 Å². The van der Waals surface area contributed by atoms with Gasteiger partial charge in [-0.3, -0.25) is 4.79 Å². The van der Waals surface area contributed by atoms with E-state index in [1.165, 1.54) is 12.1 Å². The number of hydrogen-bond acceptors (Lipinski definition) is 3. The summed E-state index contributed by atoms with van der Waals surface area (Å²) in [6.45, 7) is 0.847. The second kappa shape index (κ2) is 3.85. The number of nitrogens with one attached hydrogen (secondary N) is 2. The predicted octanol–water partition coefficient (Wildman–Crippen LogP) is 1.86. The fourth-order valence-corrected chi connectivity index (χ4v) is 2.31. The number of hydrogen-bond donors (Lipinski definition) is 2. The van der Waals surface area contributed by atoms with E-state index in [2.05, 4.69) is 10.6 Å². The van der Waals surface area contributed by atoms with Gasteiger partial charge in [-0.15, -0.1) is 0 Å². The van der Waals surface area contributed by atoms with Crippen molar-refractivity contribution in [1.82, 2.24) is 0 Å². The molecule has 0 radical (unpaired) electrons. The smallest absolute Gasteiger partial charge is 0.232 e. The van der Waals surface area contributed by atoms with E-state index < -0.39 is 5.82 Å². The highest BCUT2D eigenvalue weighted by molar-refractivity contribution is 6.31. The Morgan fingerprint density at radius 2 is 2.18 bits per heavy atom. The van der Waals surface area contributed by atoms with Crippen molar-refractivity contribution in [3.8, 4) is 0 Å². The zero-order chi connectivity index (χ0) is 12.0. The highest BCUT2D eigenvalue weighted by Gasteiger charge is 2.37. The molecule has 1 amide bonds. The minimum absolute atomic E-state index is 0.0304. The minimum Gasteiger partial charge on any atom is -0.378 e. The molecule has 2 aliphatic heterocycles. The maximum atomic E-state index is 13.3. The van der Waals surface area contributed by atoms with Crippen LogP contribution < -0.4 is 10.6 Å². The molecule has 2 N–H and O–H groups in total. The molecule has 3 rings (SSSR count). The summed E-state index contributed by atoms with van der Waals surface area (Å²) in [6.07, 6.45) is 0. The Kier molecular flexibility index (Phi) is 2.45. The molecule has 17 heavy (non-hydrogen) atoms. The molecular weight excluding hydrogens is 247 g/mol. The van der Waals surface area contributed by atoms with Crippen LogP contribution in [0.25, 0.3) is 0 Å². The largest absolute Gasteiger partial charge is 0.378 e. The average Bonchev–Trinajstić information content (AvgIpc) is 2.69. The maximum absolute atomic E-state index is 13.3. The lowest BCUT2D eigenvalue weighted by Crippen LogP contribution is -2.33. The van der Waals surface area contributed by atoms with E-state index in [4.69, 9.17) is 16.3 Å². The fraction of sp³-hybridized carbons (Fsp3) is 0.364. The van der Waals surface area contributed by atoms with Crippen molar-refractivity contribution in [1.29, 1.82) is 0 Å². The lowest BCUT2D eigenvalue weighted by atomic mass is 10.0. The van der Waals surface area contributed by atoms with Crippen LogP contribution in [0.1, 0.15) is 0 Å². The Hall–Kier alpha value is -1.33. The third-order valence-electron chi connectivity index (χ3n) is 3.08. The molecule has 2 aliphatic rings. The molecular formula is C11H10ClFN2O2. The minimum atomic E-state index is -0.546. The SMILES string of the molecule is O=C1Nc2cc(F)c(Cl)cc2NC2COCC12. The monoisotopic (exact) mass is 256 g/mol. The summed E-state index contributed by atoms with van der Waals surface area (Å²) in [4.78, 5) is 11.9. The van der Waals surface area contributed by atoms with E-state index in [1.807, 2.05) is 0 Å². The van der Waals surface area contributed by atoms with Gasteiger partial charge in [0.2, 0.25) is 5.91 Å². The van der Waals surface area contributed by atoms with Gasteiger partial charge >= 0.3 is 0 Å². The third kappa shape index (κ3) is 1.75. The van der Waals surface area contributed by atoms with Gasteiger partial charge in [-0.05, 0) is 6.07 Å². The van der Waals surface area contributed by atoms with Crippen LogP contribution in [0.5, 0.6) is 0 Å². The van der Waals surface area contributed by atoms with Crippen LogP contribution >= 0.6 is 11.6 Å². The van der Waals surface area contributed by atoms with Crippen LogP contribution in [0.15, 0.2) is 12.1 Å². The Bertz CT molecular complexity index is 495. The molecule has 0 saturated carbocycles. The Balaban J connectivity index is 2.04. The number of anilines is 2. The third-order valence-corrected chi connectivity index (χ3v) is 3.37. The lowest BCUT2D eigenvalue weighted by molar-refractivity contribution is -0.119. The molecule has 2 heterocycles. The number of ether oxygens (including phenoxy) is 1. The van der Waals surface area contributed by atoms with Crippen molar-refractivity contribution < 1.29 is 13.9 Å². The van der Waals surface area contributed by atoms with E-state index in [0.29, 0.717) is 24.6 Å². The van der Waals surface area contributed by atoms with Crippen LogP contribution in [0.2, 0.25) is 5.02 Å². The number of amides is 1. The molecule has 90 valence electrons. The first-order valence-electron chi connectivity index (χ1n) is 5.29. The number of carbonyl (C=O) groups is 1. The van der Waals surface area contributed by atoms with Crippen LogP contribution in [-0.2, 0) is 9.53 Å². The van der Waals surface area contributed by atoms with E-state index >= 15 is 0 Å². The standard InChI is InChI=1S/C11H10ClFN2O2/c12-6-1-8-9(2-7(6)13)15-11(16)5-3-17-4-10(5)14-8/h1-2,5,10,14H,3-4H2,(H,15,16). The summed E-state index contributed by atoms with van der Waals surface area (Å²) in [7, 11) is 0. The van der Waals surface area contributed by atoms with E-state index in [9.17, 15) is 9.18 Å². The summed E-state index contributed by atoms with van der Waals surface area (Å²) in [6, 6.07) is 2.62. The molecule has 2 atom stereocenters. The van der Waals surface area contributed by atoms with E-state index in [0.717, 1.165) is 0 Å². The Morgan fingerprint density at radius 1 is 1.35 bits per heavy atom. The van der Waals surface area contributed by atoms with Gasteiger partial charge in [0.25, 0.3) is 0 Å². The summed E-state index contributed by atoms with van der Waals surface area (Å²) in [5.41, 5.74) is 1.05. The second-order valence-electron chi connectivity index (χ2n) is 4.20. The quantitative estimate of drug-likeness (QED) is 0.745. The molecule has 1 saturated heterocycles. The summed E-state index contributed by atoms with van der Waals surface area (Å²) >= 11 is 5.72. The fourth-order valence-electron chi connectivity index (χ4n) is 2.15. The Labute approximate surface area is 102 Å². The number of benzene rings is 1. The molecule has 4 nitrogen and oxygen atoms in total. The molecule has 1 aromatic rings. The summed E-state index contributed by atoms with van der Waals surface area (Å²) in [5.74, 6) is -0.944. The highest BCUT2D eigenvalue weighted by Crippen LogP contribution is 2.34. The molecule has 0 aromatic heterocycles. The first-order valence-corrected chi connectivity index (χ1v) is 5.67. The molecule has 0 spiro atoms. The topological polar surface area (TPSA) is 50.4 Å². The van der Waals surface area contributed by atoms with Gasteiger partial charge in [0.05, 0.1) is 41.6 Å². The van der Waals surface area contributed by atoms with Gasteiger partial charge < -0.3 is 15.4 Å². The van der Waals surface area contributed by atoms with Gasteiger partial charge in [0.15, 0.2) is 0 Å². The van der Waals surface area contributed by atoms with Crippen LogP contribution in [0.4, 0.5) is 15.8 Å². The zero-order valence-corrected chi connectivity index (χ0v) is 9.55. The van der Waals surface area contributed by atoms with E-state index in [-0.39, 0.29) is 22.9 Å². The molecule has 0 bridgehead atoms. The van der Waals surface area contributed by atoms with Gasteiger partial charge in [0, 0.05) is 6.07 Å². The molecule has 1 fully saturated rings. The normalized spacial score (nSPS) is 26.6.